The van der Waals surface area contributed by atoms with E-state index in [-0.39, 0.29) is 5.97 Å². The van der Waals surface area contributed by atoms with E-state index in [4.69, 9.17) is 4.74 Å². The van der Waals surface area contributed by atoms with Gasteiger partial charge >= 0.3 is 5.97 Å². The number of carbonyl (C=O) groups is 1. The van der Waals surface area contributed by atoms with E-state index in [1.165, 1.54) is 95.5 Å². The van der Waals surface area contributed by atoms with E-state index in [9.17, 15) is 4.79 Å². The largest absolute Gasteiger partial charge is 0.462 e. The molecule has 1 rings (SSSR count). The summed E-state index contributed by atoms with van der Waals surface area (Å²) in [5, 5.41) is 0. The number of esters is 1. The Kier molecular flexibility index (Phi) is 19.8. The fraction of sp³-hybridized carbons (Fsp3) is 0.781. The lowest BCUT2D eigenvalue weighted by Gasteiger charge is -2.38. The molecule has 0 radical (unpaired) electrons. The molecule has 0 bridgehead atoms. The molecule has 0 spiro atoms. The molecule has 0 unspecified atom stereocenters. The first-order valence-electron chi connectivity index (χ1n) is 15.2. The van der Waals surface area contributed by atoms with Crippen LogP contribution in [0.4, 0.5) is 0 Å². The fourth-order valence-corrected chi connectivity index (χ4v) is 5.13. The van der Waals surface area contributed by atoms with E-state index in [1.54, 1.807) is 0 Å². The van der Waals surface area contributed by atoms with Crippen molar-refractivity contribution in [2.75, 3.05) is 32.8 Å². The van der Waals surface area contributed by atoms with Gasteiger partial charge in [-0.2, -0.15) is 0 Å². The monoisotopic (exact) mass is 488 g/mol. The highest BCUT2D eigenvalue weighted by molar-refractivity contribution is 5.70. The van der Waals surface area contributed by atoms with Gasteiger partial charge in [-0.15, -0.1) is 0 Å². The molecule has 0 amide bonds. The second-order valence-corrected chi connectivity index (χ2v) is 10.7. The number of hydrogen-bond donors (Lipinski definition) is 0. The van der Waals surface area contributed by atoms with Crippen LogP contribution in [0.1, 0.15) is 129 Å². The van der Waals surface area contributed by atoms with Crippen LogP contribution in [0.2, 0.25) is 0 Å². The minimum atomic E-state index is 0.0377. The van der Waals surface area contributed by atoms with Crippen molar-refractivity contribution in [1.29, 1.82) is 0 Å². The van der Waals surface area contributed by atoms with Crippen LogP contribution in [0.15, 0.2) is 30.3 Å². The average Bonchev–Trinajstić information content (AvgIpc) is 2.87. The van der Waals surface area contributed by atoms with Crippen LogP contribution >= 0.6 is 0 Å². The van der Waals surface area contributed by atoms with Crippen molar-refractivity contribution in [1.82, 2.24) is 0 Å². The van der Waals surface area contributed by atoms with Gasteiger partial charge < -0.3 is 9.22 Å². The second-order valence-electron chi connectivity index (χ2n) is 10.7. The first kappa shape index (κ1) is 31.7. The van der Waals surface area contributed by atoms with Crippen molar-refractivity contribution >= 4 is 5.97 Å². The minimum Gasteiger partial charge on any atom is -0.462 e. The van der Waals surface area contributed by atoms with Gasteiger partial charge in [0.25, 0.3) is 0 Å². The third-order valence-electron chi connectivity index (χ3n) is 7.39. The lowest BCUT2D eigenvalue weighted by atomic mass is 10.1. The summed E-state index contributed by atoms with van der Waals surface area (Å²) in [5.74, 6) is 0.0377. The van der Waals surface area contributed by atoms with Gasteiger partial charge in [0.1, 0.15) is 0 Å². The van der Waals surface area contributed by atoms with Crippen LogP contribution in [-0.2, 0) is 16.0 Å². The van der Waals surface area contributed by atoms with Crippen molar-refractivity contribution < 1.29 is 14.0 Å². The van der Waals surface area contributed by atoms with Crippen LogP contribution in [0, 0.1) is 0 Å². The van der Waals surface area contributed by atoms with Gasteiger partial charge in [-0.25, -0.2) is 4.79 Å². The number of unbranched alkanes of at least 4 members (excludes halogenated alkanes) is 12. The number of hydrogen-bond acceptors (Lipinski definition) is 2. The maximum Gasteiger partial charge on any atom is 0.361 e. The molecule has 0 aliphatic carbocycles. The standard InChI is InChI=1S/C32H58NO2/c1-4-7-10-19-26-33(27-20-11-8-5-2,28-21-12-9-6-3)30-32(34)35-29-22-14-13-16-23-31-24-17-15-18-25-31/h15,17-18,24-25H,4-14,16,19-23,26-30H2,1-3H3/q+1. The molecular weight excluding hydrogens is 430 g/mol. The summed E-state index contributed by atoms with van der Waals surface area (Å²) in [5.41, 5.74) is 1.42. The fourth-order valence-electron chi connectivity index (χ4n) is 5.13. The molecular formula is C32H58NO2+. The average molecular weight is 489 g/mol. The van der Waals surface area contributed by atoms with E-state index in [0.29, 0.717) is 13.2 Å². The highest BCUT2D eigenvalue weighted by Gasteiger charge is 2.30. The SMILES string of the molecule is CCCCCC[N+](CCCCCC)(CCCCCC)CC(=O)OCCCCCCc1ccccc1. The topological polar surface area (TPSA) is 26.3 Å². The molecule has 35 heavy (non-hydrogen) atoms. The molecule has 0 aromatic heterocycles. The molecule has 1 aromatic carbocycles. The molecule has 0 saturated carbocycles. The summed E-state index contributed by atoms with van der Waals surface area (Å²) in [4.78, 5) is 13.0. The molecule has 0 aliphatic heterocycles. The minimum absolute atomic E-state index is 0.0377. The summed E-state index contributed by atoms with van der Waals surface area (Å²) in [6.45, 7) is 11.4. The lowest BCUT2D eigenvalue weighted by Crippen LogP contribution is -2.53. The van der Waals surface area contributed by atoms with Crippen LogP contribution in [-0.4, -0.2) is 43.2 Å². The van der Waals surface area contributed by atoms with Crippen molar-refractivity contribution in [2.24, 2.45) is 0 Å². The van der Waals surface area contributed by atoms with Crippen molar-refractivity contribution in [3.63, 3.8) is 0 Å². The third-order valence-corrected chi connectivity index (χ3v) is 7.39. The molecule has 0 N–H and O–H groups in total. The number of benzene rings is 1. The molecule has 202 valence electrons. The predicted molar refractivity (Wildman–Crippen MR) is 152 cm³/mol. The van der Waals surface area contributed by atoms with Crippen LogP contribution in [0.3, 0.4) is 0 Å². The second kappa shape index (κ2) is 21.9. The van der Waals surface area contributed by atoms with Gasteiger partial charge in [0.05, 0.1) is 26.2 Å². The number of rotatable bonds is 24. The molecule has 0 fully saturated rings. The molecule has 0 atom stereocenters. The van der Waals surface area contributed by atoms with Crippen molar-refractivity contribution in [2.45, 2.75) is 130 Å². The Morgan fingerprint density at radius 1 is 0.629 bits per heavy atom. The molecule has 0 saturated heterocycles. The third kappa shape index (κ3) is 16.9. The molecule has 0 heterocycles. The van der Waals surface area contributed by atoms with E-state index in [0.717, 1.165) is 43.4 Å². The maximum absolute atomic E-state index is 13.0. The number of nitrogens with zero attached hydrogens (tertiary/aromatic N) is 1. The van der Waals surface area contributed by atoms with E-state index >= 15 is 0 Å². The predicted octanol–water partition coefficient (Wildman–Crippen LogP) is 8.89. The number of aryl methyl sites for hydroxylation is 1. The zero-order valence-electron chi connectivity index (χ0n) is 23.7. The number of quaternary nitrogens is 1. The van der Waals surface area contributed by atoms with Gasteiger partial charge in [-0.05, 0) is 63.4 Å². The molecule has 1 aromatic rings. The van der Waals surface area contributed by atoms with Gasteiger partial charge in [0.2, 0.25) is 0 Å². The quantitative estimate of drug-likeness (QED) is 0.0825. The van der Waals surface area contributed by atoms with Gasteiger partial charge in [0, 0.05) is 0 Å². The summed E-state index contributed by atoms with van der Waals surface area (Å²) in [6.07, 6.45) is 21.0. The normalized spacial score (nSPS) is 11.6. The summed E-state index contributed by atoms with van der Waals surface area (Å²) >= 11 is 0. The van der Waals surface area contributed by atoms with Crippen molar-refractivity contribution in [3.05, 3.63) is 35.9 Å². The lowest BCUT2D eigenvalue weighted by molar-refractivity contribution is -0.922. The maximum atomic E-state index is 13.0. The zero-order chi connectivity index (χ0) is 25.5. The molecule has 3 nitrogen and oxygen atoms in total. The Labute approximate surface area is 218 Å². The highest BCUT2D eigenvalue weighted by atomic mass is 16.5. The zero-order valence-corrected chi connectivity index (χ0v) is 23.7. The number of carbonyl (C=O) groups excluding carboxylic acids is 1. The smallest absolute Gasteiger partial charge is 0.361 e. The van der Waals surface area contributed by atoms with Crippen LogP contribution < -0.4 is 0 Å². The molecule has 0 aliphatic rings. The first-order valence-corrected chi connectivity index (χ1v) is 15.2. The van der Waals surface area contributed by atoms with E-state index in [2.05, 4.69) is 51.1 Å². The van der Waals surface area contributed by atoms with Crippen LogP contribution in [0.25, 0.3) is 0 Å². The summed E-state index contributed by atoms with van der Waals surface area (Å²) in [7, 11) is 0. The van der Waals surface area contributed by atoms with Crippen LogP contribution in [0.5, 0.6) is 0 Å². The summed E-state index contributed by atoms with van der Waals surface area (Å²) < 4.78 is 6.76. The Balaban J connectivity index is 2.48. The Bertz CT molecular complexity index is 570. The highest BCUT2D eigenvalue weighted by Crippen LogP contribution is 2.18. The Morgan fingerprint density at radius 2 is 1.11 bits per heavy atom. The van der Waals surface area contributed by atoms with Gasteiger partial charge in [-0.3, -0.25) is 0 Å². The number of ether oxygens (including phenoxy) is 1. The van der Waals surface area contributed by atoms with Crippen molar-refractivity contribution in [3.8, 4) is 0 Å². The van der Waals surface area contributed by atoms with E-state index in [1.807, 2.05) is 0 Å². The Morgan fingerprint density at radius 3 is 1.63 bits per heavy atom. The van der Waals surface area contributed by atoms with Gasteiger partial charge in [0.15, 0.2) is 6.54 Å². The molecule has 3 heteroatoms. The Hall–Kier alpha value is -1.35. The van der Waals surface area contributed by atoms with Gasteiger partial charge in [-0.1, -0.05) is 102 Å². The first-order chi connectivity index (χ1) is 17.2. The van der Waals surface area contributed by atoms with E-state index < -0.39 is 0 Å². The summed E-state index contributed by atoms with van der Waals surface area (Å²) in [6, 6.07) is 10.7.